The van der Waals surface area contributed by atoms with Crippen molar-refractivity contribution in [1.82, 2.24) is 0 Å². The molecule has 0 aliphatic rings. The minimum absolute atomic E-state index is 0.0391. The Morgan fingerprint density at radius 2 is 2.07 bits per heavy atom. The van der Waals surface area contributed by atoms with E-state index in [1.54, 1.807) is 19.1 Å². The second-order valence-electron chi connectivity index (χ2n) is 2.99. The van der Waals surface area contributed by atoms with Crippen molar-refractivity contribution in [3.8, 4) is 0 Å². The van der Waals surface area contributed by atoms with Crippen LogP contribution in [0.15, 0.2) is 18.2 Å². The lowest BCUT2D eigenvalue weighted by Gasteiger charge is -2.03. The van der Waals surface area contributed by atoms with Crippen LogP contribution in [0, 0.1) is 6.92 Å². The lowest BCUT2D eigenvalue weighted by Crippen LogP contribution is -2.02. The maximum atomic E-state index is 10.8. The summed E-state index contributed by atoms with van der Waals surface area (Å²) in [5.41, 5.74) is 1.84. The number of rotatable bonds is 3. The molecule has 1 aromatic carbocycles. The minimum atomic E-state index is -0.891. The number of carbonyl (C=O) groups is 2. The fraction of sp³-hybridized carbons (Fsp3) is 0.200. The summed E-state index contributed by atoms with van der Waals surface area (Å²) in [5.74, 6) is -0.891. The van der Waals surface area contributed by atoms with Crippen molar-refractivity contribution in [3.63, 3.8) is 0 Å². The molecule has 0 radical (unpaired) electrons. The van der Waals surface area contributed by atoms with E-state index in [1.807, 2.05) is 0 Å². The molecule has 3 nitrogen and oxygen atoms in total. The molecule has 0 atom stereocenters. The van der Waals surface area contributed by atoms with Crippen LogP contribution in [-0.2, 0) is 11.2 Å². The SMILES string of the molecule is Cc1cc(C(=O)Cl)ccc1CC(=O)O. The van der Waals surface area contributed by atoms with E-state index in [9.17, 15) is 9.59 Å². The Bertz CT molecular complexity index is 385. The lowest BCUT2D eigenvalue weighted by atomic mass is 10.0. The average Bonchev–Trinajstić information content (AvgIpc) is 2.07. The zero-order valence-corrected chi connectivity index (χ0v) is 8.34. The topological polar surface area (TPSA) is 54.4 Å². The third-order valence-corrected chi connectivity index (χ3v) is 2.13. The molecule has 4 heteroatoms. The van der Waals surface area contributed by atoms with Crippen molar-refractivity contribution in [3.05, 3.63) is 34.9 Å². The molecule has 1 N–H and O–H groups in total. The second kappa shape index (κ2) is 4.24. The zero-order chi connectivity index (χ0) is 10.7. The third kappa shape index (κ3) is 2.57. The number of carboxylic acids is 1. The highest BCUT2D eigenvalue weighted by atomic mass is 35.5. The molecule has 0 amide bonds. The molecule has 1 aromatic rings. The van der Waals surface area contributed by atoms with Crippen molar-refractivity contribution in [2.24, 2.45) is 0 Å². The van der Waals surface area contributed by atoms with Crippen molar-refractivity contribution in [2.75, 3.05) is 0 Å². The number of carboxylic acid groups (broad SMARTS) is 1. The van der Waals surface area contributed by atoms with Gasteiger partial charge in [0.15, 0.2) is 0 Å². The van der Waals surface area contributed by atoms with Gasteiger partial charge in [0.25, 0.3) is 5.24 Å². The van der Waals surface area contributed by atoms with Gasteiger partial charge >= 0.3 is 5.97 Å². The van der Waals surface area contributed by atoms with Gasteiger partial charge in [-0.15, -0.1) is 0 Å². The number of benzene rings is 1. The predicted molar refractivity (Wildman–Crippen MR) is 52.7 cm³/mol. The summed E-state index contributed by atoms with van der Waals surface area (Å²) in [6, 6.07) is 4.73. The first-order valence-electron chi connectivity index (χ1n) is 4.02. The summed E-state index contributed by atoms with van der Waals surface area (Å²) < 4.78 is 0. The van der Waals surface area contributed by atoms with E-state index in [1.165, 1.54) is 6.07 Å². The third-order valence-electron chi connectivity index (χ3n) is 1.91. The van der Waals surface area contributed by atoms with Crippen LogP contribution >= 0.6 is 11.6 Å². The molecule has 0 unspecified atom stereocenters. The fourth-order valence-corrected chi connectivity index (χ4v) is 1.30. The summed E-state index contributed by atoms with van der Waals surface area (Å²) in [4.78, 5) is 21.2. The molecule has 0 aliphatic carbocycles. The highest BCUT2D eigenvalue weighted by molar-refractivity contribution is 6.67. The predicted octanol–water partition coefficient (Wildman–Crippen LogP) is 2.00. The molecule has 0 spiro atoms. The largest absolute Gasteiger partial charge is 0.481 e. The van der Waals surface area contributed by atoms with E-state index in [0.717, 1.165) is 5.56 Å². The molecule has 0 aromatic heterocycles. The monoisotopic (exact) mass is 212 g/mol. The summed E-state index contributed by atoms with van der Waals surface area (Å²) in [7, 11) is 0. The normalized spacial score (nSPS) is 9.86. The van der Waals surface area contributed by atoms with Crippen molar-refractivity contribution in [2.45, 2.75) is 13.3 Å². The molecule has 0 saturated heterocycles. The number of hydrogen-bond acceptors (Lipinski definition) is 2. The van der Waals surface area contributed by atoms with Crippen LogP contribution in [-0.4, -0.2) is 16.3 Å². The summed E-state index contributed by atoms with van der Waals surface area (Å²) in [5, 5.41) is 8.04. The summed E-state index contributed by atoms with van der Waals surface area (Å²) in [6.07, 6.45) is -0.0391. The number of hydrogen-bond donors (Lipinski definition) is 1. The van der Waals surface area contributed by atoms with Crippen molar-refractivity contribution >= 4 is 22.8 Å². The van der Waals surface area contributed by atoms with Crippen LogP contribution in [0.25, 0.3) is 0 Å². The first-order chi connectivity index (χ1) is 6.50. The van der Waals surface area contributed by atoms with Gasteiger partial charge in [-0.05, 0) is 41.8 Å². The number of halogens is 1. The molecular formula is C10H9ClO3. The van der Waals surface area contributed by atoms with Crippen LogP contribution < -0.4 is 0 Å². The number of aliphatic carboxylic acids is 1. The van der Waals surface area contributed by atoms with Gasteiger partial charge in [0, 0.05) is 5.56 Å². The van der Waals surface area contributed by atoms with Gasteiger partial charge in [-0.25, -0.2) is 0 Å². The maximum absolute atomic E-state index is 10.8. The molecular weight excluding hydrogens is 204 g/mol. The lowest BCUT2D eigenvalue weighted by molar-refractivity contribution is -0.136. The molecule has 0 aliphatic heterocycles. The van der Waals surface area contributed by atoms with Crippen LogP contribution in [0.2, 0.25) is 0 Å². The van der Waals surface area contributed by atoms with E-state index in [4.69, 9.17) is 16.7 Å². The standard InChI is InChI=1S/C10H9ClO3/c1-6-4-8(10(11)14)3-2-7(6)5-9(12)13/h2-4H,5H2,1H3,(H,12,13). The molecule has 14 heavy (non-hydrogen) atoms. The first-order valence-corrected chi connectivity index (χ1v) is 4.39. The highest BCUT2D eigenvalue weighted by Crippen LogP contribution is 2.13. The first kappa shape index (κ1) is 10.7. The van der Waals surface area contributed by atoms with E-state index < -0.39 is 11.2 Å². The number of aryl methyl sites for hydroxylation is 1. The van der Waals surface area contributed by atoms with Gasteiger partial charge < -0.3 is 5.11 Å². The molecule has 1 rings (SSSR count). The Labute approximate surface area is 86.3 Å². The van der Waals surface area contributed by atoms with Gasteiger partial charge in [-0.1, -0.05) is 6.07 Å². The summed E-state index contributed by atoms with van der Waals surface area (Å²) in [6.45, 7) is 1.75. The molecule has 0 bridgehead atoms. The maximum Gasteiger partial charge on any atom is 0.307 e. The molecule has 0 saturated carbocycles. The van der Waals surface area contributed by atoms with Crippen molar-refractivity contribution in [1.29, 1.82) is 0 Å². The fourth-order valence-electron chi connectivity index (χ4n) is 1.18. The van der Waals surface area contributed by atoms with Crippen LogP contribution in [0.5, 0.6) is 0 Å². The quantitative estimate of drug-likeness (QED) is 0.780. The Kier molecular flexibility index (Phi) is 3.25. The minimum Gasteiger partial charge on any atom is -0.481 e. The van der Waals surface area contributed by atoms with E-state index in [2.05, 4.69) is 0 Å². The number of carbonyl (C=O) groups excluding carboxylic acids is 1. The Morgan fingerprint density at radius 1 is 1.43 bits per heavy atom. The van der Waals surface area contributed by atoms with Crippen LogP contribution in [0.1, 0.15) is 21.5 Å². The summed E-state index contributed by atoms with van der Waals surface area (Å²) >= 11 is 5.28. The second-order valence-corrected chi connectivity index (χ2v) is 3.33. The van der Waals surface area contributed by atoms with Crippen molar-refractivity contribution < 1.29 is 14.7 Å². The van der Waals surface area contributed by atoms with E-state index in [-0.39, 0.29) is 6.42 Å². The Morgan fingerprint density at radius 3 is 2.50 bits per heavy atom. The van der Waals surface area contributed by atoms with Crippen LogP contribution in [0.3, 0.4) is 0 Å². The molecule has 0 fully saturated rings. The van der Waals surface area contributed by atoms with Crippen LogP contribution in [0.4, 0.5) is 0 Å². The van der Waals surface area contributed by atoms with Gasteiger partial charge in [-0.2, -0.15) is 0 Å². The van der Waals surface area contributed by atoms with E-state index in [0.29, 0.717) is 11.1 Å². The van der Waals surface area contributed by atoms with Gasteiger partial charge in [0.05, 0.1) is 6.42 Å². The van der Waals surface area contributed by atoms with Gasteiger partial charge in [0.1, 0.15) is 0 Å². The Balaban J connectivity index is 3.01. The smallest absolute Gasteiger partial charge is 0.307 e. The van der Waals surface area contributed by atoms with Gasteiger partial charge in [-0.3, -0.25) is 9.59 Å². The highest BCUT2D eigenvalue weighted by Gasteiger charge is 2.07. The Hall–Kier alpha value is -1.35. The molecule has 74 valence electrons. The van der Waals surface area contributed by atoms with Gasteiger partial charge in [0.2, 0.25) is 0 Å². The average molecular weight is 213 g/mol. The molecule has 0 heterocycles. The zero-order valence-electron chi connectivity index (χ0n) is 7.58. The van der Waals surface area contributed by atoms with E-state index >= 15 is 0 Å².